The van der Waals surface area contributed by atoms with Crippen LogP contribution in [0.1, 0.15) is 41.7 Å². The minimum Gasteiger partial charge on any atom is -0.336 e. The highest BCUT2D eigenvalue weighted by molar-refractivity contribution is 6.07. The molecule has 39 heavy (non-hydrogen) atoms. The van der Waals surface area contributed by atoms with Crippen LogP contribution in [0.2, 0.25) is 0 Å². The number of carbonyl (C=O) groups is 3. The third kappa shape index (κ3) is 5.38. The van der Waals surface area contributed by atoms with Gasteiger partial charge in [0.1, 0.15) is 6.54 Å². The SMILES string of the molecule is CNCc1ccccc1CN(CC(=O)Nc1ccc2c(c1)CC1(C2)C(=O)Nc2ccccc21)C(=O)NC(C)C. The van der Waals surface area contributed by atoms with E-state index >= 15 is 0 Å². The number of amides is 4. The number of nitrogens with zero attached hydrogens (tertiary/aromatic N) is 1. The van der Waals surface area contributed by atoms with Gasteiger partial charge in [0.05, 0.1) is 5.41 Å². The van der Waals surface area contributed by atoms with Gasteiger partial charge in [0.15, 0.2) is 0 Å². The van der Waals surface area contributed by atoms with E-state index in [0.29, 0.717) is 31.6 Å². The van der Waals surface area contributed by atoms with E-state index in [2.05, 4.69) is 21.3 Å². The Morgan fingerprint density at radius 3 is 2.46 bits per heavy atom. The molecule has 0 bridgehead atoms. The lowest BCUT2D eigenvalue weighted by atomic mass is 9.79. The van der Waals surface area contributed by atoms with Gasteiger partial charge in [-0.3, -0.25) is 9.59 Å². The van der Waals surface area contributed by atoms with Crippen molar-refractivity contribution in [1.82, 2.24) is 15.5 Å². The van der Waals surface area contributed by atoms with Gasteiger partial charge in [0, 0.05) is 30.5 Å². The molecule has 0 radical (unpaired) electrons. The monoisotopic (exact) mass is 525 g/mol. The van der Waals surface area contributed by atoms with Crippen LogP contribution in [-0.2, 0) is 40.9 Å². The third-order valence-corrected chi connectivity index (χ3v) is 7.48. The van der Waals surface area contributed by atoms with Crippen LogP contribution in [-0.4, -0.2) is 42.4 Å². The number of para-hydroxylation sites is 1. The van der Waals surface area contributed by atoms with Gasteiger partial charge in [0.2, 0.25) is 11.8 Å². The normalized spacial score (nSPS) is 17.1. The van der Waals surface area contributed by atoms with Crippen LogP contribution in [0.3, 0.4) is 0 Å². The van der Waals surface area contributed by atoms with Crippen molar-refractivity contribution in [3.05, 3.63) is 94.5 Å². The summed E-state index contributed by atoms with van der Waals surface area (Å²) in [5.41, 5.74) is 6.18. The van der Waals surface area contributed by atoms with Gasteiger partial charge >= 0.3 is 6.03 Å². The molecule has 3 aromatic carbocycles. The molecule has 202 valence electrons. The first-order valence-electron chi connectivity index (χ1n) is 13.4. The molecule has 4 N–H and O–H groups in total. The summed E-state index contributed by atoms with van der Waals surface area (Å²) in [5, 5.41) is 12.1. The number of rotatable bonds is 8. The van der Waals surface area contributed by atoms with Crippen LogP contribution in [0.15, 0.2) is 66.7 Å². The van der Waals surface area contributed by atoms with Crippen molar-refractivity contribution in [2.75, 3.05) is 24.2 Å². The highest BCUT2D eigenvalue weighted by Gasteiger charge is 2.50. The smallest absolute Gasteiger partial charge is 0.318 e. The van der Waals surface area contributed by atoms with Gasteiger partial charge in [-0.2, -0.15) is 0 Å². The summed E-state index contributed by atoms with van der Waals surface area (Å²) in [6.07, 6.45) is 1.22. The summed E-state index contributed by atoms with van der Waals surface area (Å²) in [6, 6.07) is 21.2. The fourth-order valence-corrected chi connectivity index (χ4v) is 5.67. The van der Waals surface area contributed by atoms with E-state index in [1.807, 2.05) is 87.6 Å². The second kappa shape index (κ2) is 10.9. The molecule has 4 amide bonds. The first-order valence-corrected chi connectivity index (χ1v) is 13.4. The van der Waals surface area contributed by atoms with Gasteiger partial charge in [-0.15, -0.1) is 0 Å². The molecule has 8 nitrogen and oxygen atoms in total. The molecule has 1 heterocycles. The first kappa shape index (κ1) is 26.4. The van der Waals surface area contributed by atoms with Crippen molar-refractivity contribution < 1.29 is 14.4 Å². The molecule has 1 aliphatic carbocycles. The molecular formula is C31H35N5O3. The minimum atomic E-state index is -0.603. The van der Waals surface area contributed by atoms with E-state index in [4.69, 9.17) is 0 Å². The first-order chi connectivity index (χ1) is 18.8. The Bertz CT molecular complexity index is 1420. The lowest BCUT2D eigenvalue weighted by molar-refractivity contribution is -0.120. The molecule has 1 aliphatic heterocycles. The summed E-state index contributed by atoms with van der Waals surface area (Å²) >= 11 is 0. The molecule has 0 aromatic heterocycles. The highest BCUT2D eigenvalue weighted by Crippen LogP contribution is 2.47. The standard InChI is InChI=1S/C31H35N5O3/c1-20(2)33-30(39)36(18-23-9-5-4-8-22(23)17-32-3)19-28(37)34-25-13-12-21-15-31(16-24(21)14-25)26-10-6-7-11-27(26)35-29(31)38/h4-14,20,32H,15-19H2,1-3H3,(H,33,39)(H,34,37)(H,35,38). The molecule has 3 aromatic rings. The fraction of sp³-hybridized carbons (Fsp3) is 0.323. The third-order valence-electron chi connectivity index (χ3n) is 7.48. The zero-order valence-electron chi connectivity index (χ0n) is 22.6. The molecule has 1 spiro atoms. The number of urea groups is 1. The Labute approximate surface area is 229 Å². The number of carbonyl (C=O) groups excluding carboxylic acids is 3. The van der Waals surface area contributed by atoms with Crippen LogP contribution in [0.5, 0.6) is 0 Å². The van der Waals surface area contributed by atoms with Crippen LogP contribution in [0.4, 0.5) is 16.2 Å². The maximum Gasteiger partial charge on any atom is 0.318 e. The minimum absolute atomic E-state index is 0.0239. The van der Waals surface area contributed by atoms with Crippen molar-refractivity contribution in [3.63, 3.8) is 0 Å². The Kier molecular flexibility index (Phi) is 7.39. The largest absolute Gasteiger partial charge is 0.336 e. The van der Waals surface area contributed by atoms with E-state index in [-0.39, 0.29) is 30.4 Å². The summed E-state index contributed by atoms with van der Waals surface area (Å²) in [5.74, 6) is -0.257. The van der Waals surface area contributed by atoms with Gasteiger partial charge in [-0.25, -0.2) is 4.79 Å². The molecular weight excluding hydrogens is 490 g/mol. The Hall–Kier alpha value is -4.17. The number of hydrogen-bond donors (Lipinski definition) is 4. The topological polar surface area (TPSA) is 103 Å². The van der Waals surface area contributed by atoms with Crippen LogP contribution >= 0.6 is 0 Å². The number of hydrogen-bond acceptors (Lipinski definition) is 4. The molecule has 0 saturated heterocycles. The van der Waals surface area contributed by atoms with E-state index in [9.17, 15) is 14.4 Å². The fourth-order valence-electron chi connectivity index (χ4n) is 5.67. The van der Waals surface area contributed by atoms with E-state index in [1.54, 1.807) is 0 Å². The van der Waals surface area contributed by atoms with Crippen LogP contribution in [0.25, 0.3) is 0 Å². The van der Waals surface area contributed by atoms with Gasteiger partial charge in [-0.1, -0.05) is 48.5 Å². The van der Waals surface area contributed by atoms with Crippen molar-refractivity contribution in [2.45, 2.75) is 51.2 Å². The lowest BCUT2D eigenvalue weighted by Gasteiger charge is -2.25. The van der Waals surface area contributed by atoms with Crippen molar-refractivity contribution in [2.24, 2.45) is 0 Å². The molecule has 1 atom stereocenters. The van der Waals surface area contributed by atoms with E-state index in [0.717, 1.165) is 33.5 Å². The molecule has 5 rings (SSSR count). The zero-order valence-corrected chi connectivity index (χ0v) is 22.6. The number of benzene rings is 3. The number of nitrogens with one attached hydrogen (secondary N) is 4. The predicted octanol–water partition coefficient (Wildman–Crippen LogP) is 3.95. The van der Waals surface area contributed by atoms with Crippen molar-refractivity contribution >= 4 is 29.2 Å². The summed E-state index contributed by atoms with van der Waals surface area (Å²) in [4.78, 5) is 40.8. The Balaban J connectivity index is 1.31. The quantitative estimate of drug-likeness (QED) is 0.358. The van der Waals surface area contributed by atoms with Crippen LogP contribution in [0, 0.1) is 0 Å². The molecule has 1 unspecified atom stereocenters. The lowest BCUT2D eigenvalue weighted by Crippen LogP contribution is -2.46. The second-order valence-electron chi connectivity index (χ2n) is 10.7. The van der Waals surface area contributed by atoms with Crippen LogP contribution < -0.4 is 21.3 Å². The number of fused-ring (bicyclic) bond motifs is 3. The van der Waals surface area contributed by atoms with Gasteiger partial charge in [-0.05, 0) is 79.8 Å². The predicted molar refractivity (Wildman–Crippen MR) is 153 cm³/mol. The van der Waals surface area contributed by atoms with Crippen molar-refractivity contribution in [3.8, 4) is 0 Å². The molecule has 8 heteroatoms. The van der Waals surface area contributed by atoms with Crippen molar-refractivity contribution in [1.29, 1.82) is 0 Å². The average molecular weight is 526 g/mol. The average Bonchev–Trinajstić information content (AvgIpc) is 3.41. The van der Waals surface area contributed by atoms with Gasteiger partial charge in [0.25, 0.3) is 0 Å². The Morgan fingerprint density at radius 2 is 1.69 bits per heavy atom. The van der Waals surface area contributed by atoms with E-state index in [1.165, 1.54) is 4.90 Å². The molecule has 0 saturated carbocycles. The van der Waals surface area contributed by atoms with E-state index < -0.39 is 5.41 Å². The van der Waals surface area contributed by atoms with Gasteiger partial charge < -0.3 is 26.2 Å². The highest BCUT2D eigenvalue weighted by atomic mass is 16.2. The zero-order chi connectivity index (χ0) is 27.6. The maximum atomic E-state index is 13.2. The summed E-state index contributed by atoms with van der Waals surface area (Å²) < 4.78 is 0. The number of anilines is 2. The molecule has 2 aliphatic rings. The molecule has 0 fully saturated rings. The summed E-state index contributed by atoms with van der Waals surface area (Å²) in [7, 11) is 1.88. The second-order valence-corrected chi connectivity index (χ2v) is 10.7. The summed E-state index contributed by atoms with van der Waals surface area (Å²) in [6.45, 7) is 4.67. The Morgan fingerprint density at radius 1 is 0.974 bits per heavy atom. The maximum absolute atomic E-state index is 13.2.